The zero-order valence-corrected chi connectivity index (χ0v) is 12.6. The molecule has 0 amide bonds. The second kappa shape index (κ2) is 6.87. The van der Waals surface area contributed by atoms with Crippen LogP contribution in [0.5, 0.6) is 0 Å². The number of nitrogens with zero attached hydrogens (tertiary/aromatic N) is 3. The van der Waals surface area contributed by atoms with Gasteiger partial charge in [0.05, 0.1) is 6.54 Å². The predicted octanol–water partition coefficient (Wildman–Crippen LogP) is 1.24. The van der Waals surface area contributed by atoms with Crippen molar-refractivity contribution in [1.82, 2.24) is 19.7 Å². The molecule has 2 aromatic rings. The lowest BCUT2D eigenvalue weighted by Gasteiger charge is -2.16. The Morgan fingerprint density at radius 2 is 2.10 bits per heavy atom. The van der Waals surface area contributed by atoms with Crippen molar-refractivity contribution in [3.05, 3.63) is 16.6 Å². The summed E-state index contributed by atoms with van der Waals surface area (Å²) in [5.74, 6) is 0. The molecule has 2 heterocycles. The molecule has 8 heteroatoms. The van der Waals surface area contributed by atoms with Crippen molar-refractivity contribution >= 4 is 22.8 Å². The fourth-order valence-corrected chi connectivity index (χ4v) is 2.18. The van der Waals surface area contributed by atoms with E-state index in [9.17, 15) is 4.79 Å². The van der Waals surface area contributed by atoms with E-state index in [2.05, 4.69) is 15.1 Å². The quantitative estimate of drug-likeness (QED) is 0.470. The van der Waals surface area contributed by atoms with Crippen LogP contribution >= 0.6 is 11.8 Å². The Morgan fingerprint density at radius 1 is 1.40 bits per heavy atom. The average molecular weight is 298 g/mol. The lowest BCUT2D eigenvalue weighted by Crippen LogP contribution is -2.23. The minimum Gasteiger partial charge on any atom is -0.351 e. The smallest absolute Gasteiger partial charge is 0.262 e. The van der Waals surface area contributed by atoms with E-state index in [-0.39, 0.29) is 11.8 Å². The normalized spacial score (nSPS) is 11.6. The molecule has 0 fully saturated rings. The van der Waals surface area contributed by atoms with Crippen LogP contribution in [0.2, 0.25) is 0 Å². The molecule has 0 aliphatic carbocycles. The van der Waals surface area contributed by atoms with Crippen molar-refractivity contribution in [2.75, 3.05) is 19.5 Å². The zero-order chi connectivity index (χ0) is 14.5. The Labute approximate surface area is 120 Å². The zero-order valence-electron chi connectivity index (χ0n) is 11.8. The molecule has 0 unspecified atom stereocenters. The minimum atomic E-state index is -0.376. The first-order valence-corrected chi connectivity index (χ1v) is 7.65. The van der Waals surface area contributed by atoms with Crippen molar-refractivity contribution in [2.45, 2.75) is 31.8 Å². The number of thioether (sulfide) groups is 1. The van der Waals surface area contributed by atoms with Crippen molar-refractivity contribution in [3.63, 3.8) is 0 Å². The molecule has 1 N–H and O–H groups in total. The van der Waals surface area contributed by atoms with Gasteiger partial charge < -0.3 is 14.5 Å². The Morgan fingerprint density at radius 3 is 2.70 bits per heavy atom. The summed E-state index contributed by atoms with van der Waals surface area (Å²) in [6.07, 6.45) is 3.14. The van der Waals surface area contributed by atoms with Crippen LogP contribution in [-0.4, -0.2) is 45.5 Å². The van der Waals surface area contributed by atoms with Gasteiger partial charge in [-0.15, -0.1) is 0 Å². The fraction of sp³-hybridized carbons (Fsp3) is 0.583. The molecule has 0 aliphatic rings. The Bertz CT molecular complexity index is 619. The maximum atomic E-state index is 11.9. The van der Waals surface area contributed by atoms with Gasteiger partial charge in [0.2, 0.25) is 0 Å². The lowest BCUT2D eigenvalue weighted by atomic mass is 10.4. The highest BCUT2D eigenvalue weighted by molar-refractivity contribution is 7.98. The molecule has 0 bridgehead atoms. The third-order valence-electron chi connectivity index (χ3n) is 2.65. The first kappa shape index (κ1) is 15.0. The van der Waals surface area contributed by atoms with E-state index < -0.39 is 0 Å². The summed E-state index contributed by atoms with van der Waals surface area (Å²) in [5, 5.41) is 5.32. The molecule has 110 valence electrons. The second-order valence-corrected chi connectivity index (χ2v) is 4.80. The van der Waals surface area contributed by atoms with Crippen LogP contribution in [-0.2, 0) is 16.0 Å². The van der Waals surface area contributed by atoms with Gasteiger partial charge in [-0.05, 0) is 20.1 Å². The molecular formula is C12H18N4O3S. The molecule has 0 radical (unpaired) electrons. The van der Waals surface area contributed by atoms with Gasteiger partial charge in [-0.25, -0.2) is 4.98 Å². The summed E-state index contributed by atoms with van der Waals surface area (Å²) < 4.78 is 12.6. The Kier molecular flexibility index (Phi) is 5.16. The molecule has 0 atom stereocenters. The summed E-state index contributed by atoms with van der Waals surface area (Å²) in [7, 11) is 0. The van der Waals surface area contributed by atoms with Crippen molar-refractivity contribution in [1.29, 1.82) is 0 Å². The number of rotatable bonds is 7. The number of fused-ring (bicyclic) bond motifs is 1. The summed E-state index contributed by atoms with van der Waals surface area (Å²) >= 11 is 1.37. The molecule has 0 spiro atoms. The van der Waals surface area contributed by atoms with Crippen LogP contribution in [0.1, 0.15) is 13.8 Å². The van der Waals surface area contributed by atoms with E-state index in [4.69, 9.17) is 9.47 Å². The topological polar surface area (TPSA) is 82.0 Å². The molecule has 0 aromatic carbocycles. The molecular weight excluding hydrogens is 280 g/mol. The van der Waals surface area contributed by atoms with E-state index >= 15 is 0 Å². The van der Waals surface area contributed by atoms with Crippen LogP contribution in [0.4, 0.5) is 0 Å². The van der Waals surface area contributed by atoms with Crippen LogP contribution in [0.25, 0.3) is 11.0 Å². The molecule has 7 nitrogen and oxygen atoms in total. The highest BCUT2D eigenvalue weighted by atomic mass is 32.2. The number of nitrogens with one attached hydrogen (secondary N) is 1. The molecule has 0 saturated carbocycles. The number of H-pyrrole nitrogens is 1. The van der Waals surface area contributed by atoms with Gasteiger partial charge in [-0.3, -0.25) is 9.48 Å². The minimum absolute atomic E-state index is 0.185. The molecule has 2 aromatic heterocycles. The van der Waals surface area contributed by atoms with Crippen LogP contribution in [0.15, 0.2) is 16.1 Å². The number of ether oxygens (including phenoxy) is 2. The SMILES string of the molecule is CCOC(Cn1cc2c(=O)[nH]c(SC)nc2n1)OCC. The van der Waals surface area contributed by atoms with E-state index in [0.717, 1.165) is 0 Å². The molecule has 0 aliphatic heterocycles. The van der Waals surface area contributed by atoms with Gasteiger partial charge in [0, 0.05) is 19.4 Å². The van der Waals surface area contributed by atoms with Gasteiger partial charge in [0.15, 0.2) is 17.1 Å². The van der Waals surface area contributed by atoms with Crippen molar-refractivity contribution < 1.29 is 9.47 Å². The highest BCUT2D eigenvalue weighted by Gasteiger charge is 2.13. The second-order valence-electron chi connectivity index (χ2n) is 4.00. The maximum absolute atomic E-state index is 11.9. The fourth-order valence-electron chi connectivity index (χ4n) is 1.81. The number of aromatic nitrogens is 4. The molecule has 0 saturated heterocycles. The number of hydrogen-bond donors (Lipinski definition) is 1. The standard InChI is InChI=1S/C12H18N4O3S/c1-4-18-9(19-5-2)7-16-6-8-10(15-16)13-12(20-3)14-11(8)17/h6,9H,4-5,7H2,1-3H3,(H,13,14,15,17). The van der Waals surface area contributed by atoms with Crippen LogP contribution < -0.4 is 5.56 Å². The van der Waals surface area contributed by atoms with Crippen molar-refractivity contribution in [2.24, 2.45) is 0 Å². The van der Waals surface area contributed by atoms with Gasteiger partial charge in [0.1, 0.15) is 5.39 Å². The highest BCUT2D eigenvalue weighted by Crippen LogP contribution is 2.11. The van der Waals surface area contributed by atoms with Crippen molar-refractivity contribution in [3.8, 4) is 0 Å². The third-order valence-corrected chi connectivity index (χ3v) is 3.23. The van der Waals surface area contributed by atoms with Gasteiger partial charge >= 0.3 is 0 Å². The summed E-state index contributed by atoms with van der Waals surface area (Å²) in [6, 6.07) is 0. The third kappa shape index (κ3) is 3.38. The van der Waals surface area contributed by atoms with Crippen LogP contribution in [0, 0.1) is 0 Å². The lowest BCUT2D eigenvalue weighted by molar-refractivity contribution is -0.144. The Hall–Kier alpha value is -1.38. The first-order valence-electron chi connectivity index (χ1n) is 6.42. The summed E-state index contributed by atoms with van der Waals surface area (Å²) in [6.45, 7) is 5.35. The average Bonchev–Trinajstić information content (AvgIpc) is 2.82. The van der Waals surface area contributed by atoms with Crippen LogP contribution in [0.3, 0.4) is 0 Å². The monoisotopic (exact) mass is 298 g/mol. The predicted molar refractivity (Wildman–Crippen MR) is 77.0 cm³/mol. The summed E-state index contributed by atoms with van der Waals surface area (Å²) in [4.78, 5) is 18.8. The summed E-state index contributed by atoms with van der Waals surface area (Å²) in [5.41, 5.74) is 0.250. The van der Waals surface area contributed by atoms with Gasteiger partial charge in [0.25, 0.3) is 5.56 Å². The van der Waals surface area contributed by atoms with E-state index in [1.54, 1.807) is 10.9 Å². The largest absolute Gasteiger partial charge is 0.351 e. The van der Waals surface area contributed by atoms with E-state index in [0.29, 0.717) is 35.9 Å². The molecule has 2 rings (SSSR count). The first-order chi connectivity index (χ1) is 9.67. The van der Waals surface area contributed by atoms with Gasteiger partial charge in [-0.1, -0.05) is 11.8 Å². The maximum Gasteiger partial charge on any atom is 0.262 e. The van der Waals surface area contributed by atoms with E-state index in [1.807, 2.05) is 20.1 Å². The van der Waals surface area contributed by atoms with Gasteiger partial charge in [-0.2, -0.15) is 5.10 Å². The molecule has 20 heavy (non-hydrogen) atoms. The number of aromatic amines is 1. The Balaban J connectivity index is 2.26. The van der Waals surface area contributed by atoms with E-state index in [1.165, 1.54) is 11.8 Å². The number of hydrogen-bond acceptors (Lipinski definition) is 6.